The minimum absolute atomic E-state index is 0.0829. The second-order valence-electron chi connectivity index (χ2n) is 3.35. The van der Waals surface area contributed by atoms with E-state index in [1.807, 2.05) is 6.26 Å². The summed E-state index contributed by atoms with van der Waals surface area (Å²) < 4.78 is 0. The second-order valence-corrected chi connectivity index (χ2v) is 4.34. The molecule has 0 radical (unpaired) electrons. The summed E-state index contributed by atoms with van der Waals surface area (Å²) >= 11 is 1.76. The second kappa shape index (κ2) is 6.55. The van der Waals surface area contributed by atoms with Crippen LogP contribution < -0.4 is 10.6 Å². The van der Waals surface area contributed by atoms with E-state index in [1.165, 1.54) is 4.90 Å². The van der Waals surface area contributed by atoms with Crippen molar-refractivity contribution in [2.45, 2.75) is 6.42 Å². The van der Waals surface area contributed by atoms with Crippen molar-refractivity contribution in [1.29, 1.82) is 0 Å². The van der Waals surface area contributed by atoms with Gasteiger partial charge in [-0.2, -0.15) is 11.8 Å². The zero-order chi connectivity index (χ0) is 11.1. The van der Waals surface area contributed by atoms with Crippen molar-refractivity contribution in [2.75, 3.05) is 38.2 Å². The monoisotopic (exact) mass is 231 g/mol. The molecule has 0 bridgehead atoms. The molecule has 0 aromatic heterocycles. The van der Waals surface area contributed by atoms with Gasteiger partial charge in [-0.3, -0.25) is 4.79 Å². The standard InChI is InChI=1S/C9H17N3O2S/c1-15-6-2-3-11-9(14)12-5-4-10-8(13)7-12/h2-7H2,1H3,(H,10,13)(H,11,14). The van der Waals surface area contributed by atoms with Crippen LogP contribution in [0.5, 0.6) is 0 Å². The minimum atomic E-state index is -0.133. The number of nitrogens with zero attached hydrogens (tertiary/aromatic N) is 1. The fourth-order valence-corrected chi connectivity index (χ4v) is 1.77. The molecule has 0 aromatic rings. The Kier molecular flexibility index (Phi) is 5.31. The predicted octanol–water partition coefficient (Wildman–Crippen LogP) is -0.119. The number of nitrogens with one attached hydrogen (secondary N) is 2. The summed E-state index contributed by atoms with van der Waals surface area (Å²) in [7, 11) is 0. The lowest BCUT2D eigenvalue weighted by atomic mass is 10.4. The summed E-state index contributed by atoms with van der Waals surface area (Å²) in [5.41, 5.74) is 0. The Morgan fingerprint density at radius 2 is 2.47 bits per heavy atom. The van der Waals surface area contributed by atoms with Gasteiger partial charge in [0, 0.05) is 19.6 Å². The third-order valence-electron chi connectivity index (χ3n) is 2.13. The lowest BCUT2D eigenvalue weighted by molar-refractivity contribution is -0.123. The van der Waals surface area contributed by atoms with Crippen molar-refractivity contribution in [3.63, 3.8) is 0 Å². The number of carbonyl (C=O) groups is 2. The van der Waals surface area contributed by atoms with Crippen LogP contribution in [0.15, 0.2) is 0 Å². The highest BCUT2D eigenvalue weighted by molar-refractivity contribution is 7.98. The van der Waals surface area contributed by atoms with E-state index in [-0.39, 0.29) is 18.5 Å². The number of thioether (sulfide) groups is 1. The predicted molar refractivity (Wildman–Crippen MR) is 61.0 cm³/mol. The number of urea groups is 1. The van der Waals surface area contributed by atoms with Crippen molar-refractivity contribution in [2.24, 2.45) is 0 Å². The van der Waals surface area contributed by atoms with Gasteiger partial charge in [0.2, 0.25) is 5.91 Å². The topological polar surface area (TPSA) is 61.4 Å². The average molecular weight is 231 g/mol. The maximum absolute atomic E-state index is 11.5. The van der Waals surface area contributed by atoms with Crippen molar-refractivity contribution >= 4 is 23.7 Å². The molecular weight excluding hydrogens is 214 g/mol. The average Bonchev–Trinajstić information content (AvgIpc) is 2.24. The summed E-state index contributed by atoms with van der Waals surface area (Å²) in [4.78, 5) is 24.1. The van der Waals surface area contributed by atoms with Crippen LogP contribution in [-0.4, -0.2) is 55.0 Å². The Bertz CT molecular complexity index is 235. The van der Waals surface area contributed by atoms with E-state index in [0.29, 0.717) is 19.6 Å². The van der Waals surface area contributed by atoms with Gasteiger partial charge in [-0.05, 0) is 18.4 Å². The van der Waals surface area contributed by atoms with E-state index in [2.05, 4.69) is 10.6 Å². The van der Waals surface area contributed by atoms with Gasteiger partial charge in [-0.25, -0.2) is 4.79 Å². The van der Waals surface area contributed by atoms with Crippen LogP contribution in [-0.2, 0) is 4.79 Å². The Morgan fingerprint density at radius 3 is 3.13 bits per heavy atom. The first-order valence-electron chi connectivity index (χ1n) is 5.02. The summed E-state index contributed by atoms with van der Waals surface area (Å²) in [6.45, 7) is 2.00. The van der Waals surface area contributed by atoms with Crippen LogP contribution in [0.1, 0.15) is 6.42 Å². The molecule has 1 saturated heterocycles. The Hall–Kier alpha value is -0.910. The summed E-state index contributed by atoms with van der Waals surface area (Å²) in [6, 6.07) is -0.133. The zero-order valence-electron chi connectivity index (χ0n) is 8.91. The summed E-state index contributed by atoms with van der Waals surface area (Å²) in [5.74, 6) is 0.960. The Labute approximate surface area is 94.0 Å². The molecule has 1 rings (SSSR count). The van der Waals surface area contributed by atoms with Crippen LogP contribution >= 0.6 is 11.8 Å². The molecule has 0 aliphatic carbocycles. The molecule has 6 heteroatoms. The summed E-state index contributed by atoms with van der Waals surface area (Å²) in [5, 5.41) is 5.48. The molecule has 5 nitrogen and oxygen atoms in total. The number of carbonyl (C=O) groups excluding carboxylic acids is 2. The molecule has 1 aliphatic rings. The minimum Gasteiger partial charge on any atom is -0.353 e. The van der Waals surface area contributed by atoms with Crippen molar-refractivity contribution in [3.05, 3.63) is 0 Å². The van der Waals surface area contributed by atoms with Crippen molar-refractivity contribution < 1.29 is 9.59 Å². The first kappa shape index (κ1) is 12.2. The summed E-state index contributed by atoms with van der Waals surface area (Å²) in [6.07, 6.45) is 3.00. The zero-order valence-corrected chi connectivity index (χ0v) is 9.73. The molecule has 0 spiro atoms. The molecule has 0 saturated carbocycles. The van der Waals surface area contributed by atoms with Crippen LogP contribution in [0.3, 0.4) is 0 Å². The van der Waals surface area contributed by atoms with Gasteiger partial charge >= 0.3 is 6.03 Å². The van der Waals surface area contributed by atoms with E-state index in [9.17, 15) is 9.59 Å². The molecule has 15 heavy (non-hydrogen) atoms. The lowest BCUT2D eigenvalue weighted by Gasteiger charge is -2.26. The molecule has 0 atom stereocenters. The maximum atomic E-state index is 11.5. The van der Waals surface area contributed by atoms with Crippen LogP contribution in [0.2, 0.25) is 0 Å². The molecular formula is C9H17N3O2S. The Morgan fingerprint density at radius 1 is 1.67 bits per heavy atom. The van der Waals surface area contributed by atoms with Gasteiger partial charge in [-0.1, -0.05) is 0 Å². The van der Waals surface area contributed by atoms with E-state index in [1.54, 1.807) is 11.8 Å². The number of hydrogen-bond acceptors (Lipinski definition) is 3. The molecule has 86 valence electrons. The van der Waals surface area contributed by atoms with E-state index < -0.39 is 0 Å². The van der Waals surface area contributed by atoms with E-state index in [4.69, 9.17) is 0 Å². The first-order valence-corrected chi connectivity index (χ1v) is 6.42. The van der Waals surface area contributed by atoms with Crippen LogP contribution in [0.4, 0.5) is 4.79 Å². The molecule has 0 aromatic carbocycles. The number of piperazine rings is 1. The fraction of sp³-hybridized carbons (Fsp3) is 0.778. The number of amides is 3. The van der Waals surface area contributed by atoms with Gasteiger partial charge in [0.05, 0.1) is 0 Å². The van der Waals surface area contributed by atoms with Gasteiger partial charge in [0.1, 0.15) is 6.54 Å². The molecule has 2 N–H and O–H groups in total. The van der Waals surface area contributed by atoms with Gasteiger partial charge in [0.15, 0.2) is 0 Å². The molecule has 1 aliphatic heterocycles. The lowest BCUT2D eigenvalue weighted by Crippen LogP contribution is -2.53. The van der Waals surface area contributed by atoms with E-state index in [0.717, 1.165) is 12.2 Å². The SMILES string of the molecule is CSCCCNC(=O)N1CCNC(=O)C1. The Balaban J connectivity index is 2.18. The first-order chi connectivity index (χ1) is 7.24. The van der Waals surface area contributed by atoms with Crippen LogP contribution in [0.25, 0.3) is 0 Å². The quantitative estimate of drug-likeness (QED) is 0.663. The fourth-order valence-electron chi connectivity index (χ4n) is 1.34. The molecule has 3 amide bonds. The highest BCUT2D eigenvalue weighted by Crippen LogP contribution is 1.96. The van der Waals surface area contributed by atoms with Gasteiger partial charge in [-0.15, -0.1) is 0 Å². The highest BCUT2D eigenvalue weighted by Gasteiger charge is 2.20. The van der Waals surface area contributed by atoms with Gasteiger partial charge in [0.25, 0.3) is 0 Å². The third kappa shape index (κ3) is 4.42. The van der Waals surface area contributed by atoms with E-state index >= 15 is 0 Å². The van der Waals surface area contributed by atoms with Gasteiger partial charge < -0.3 is 15.5 Å². The van der Waals surface area contributed by atoms with Crippen molar-refractivity contribution in [3.8, 4) is 0 Å². The third-order valence-corrected chi connectivity index (χ3v) is 2.82. The molecule has 0 unspecified atom stereocenters. The number of hydrogen-bond donors (Lipinski definition) is 2. The van der Waals surface area contributed by atoms with Crippen LogP contribution in [0, 0.1) is 0 Å². The van der Waals surface area contributed by atoms with Crippen molar-refractivity contribution in [1.82, 2.24) is 15.5 Å². The number of rotatable bonds is 4. The largest absolute Gasteiger partial charge is 0.353 e. The molecule has 1 fully saturated rings. The molecule has 1 heterocycles. The smallest absolute Gasteiger partial charge is 0.317 e. The normalized spacial score (nSPS) is 16.1. The maximum Gasteiger partial charge on any atom is 0.317 e. The highest BCUT2D eigenvalue weighted by atomic mass is 32.2.